The fraction of sp³-hybridized carbons (Fsp3) is 0.444. The van der Waals surface area contributed by atoms with Crippen molar-refractivity contribution in [3.8, 4) is 0 Å². The quantitative estimate of drug-likeness (QED) is 0.855. The van der Waals surface area contributed by atoms with Crippen molar-refractivity contribution in [3.05, 3.63) is 20.8 Å². The van der Waals surface area contributed by atoms with Crippen LogP contribution in [0.15, 0.2) is 15.9 Å². The van der Waals surface area contributed by atoms with E-state index in [4.69, 9.17) is 0 Å². The molecule has 1 unspecified atom stereocenters. The molecular weight excluding hydrogens is 300 g/mol. The monoisotopic (exact) mass is 310 g/mol. The Hall–Kier alpha value is -0.200. The second kappa shape index (κ2) is 4.76. The molecule has 1 rings (SSSR count). The van der Waals surface area contributed by atoms with Crippen molar-refractivity contribution in [3.63, 3.8) is 0 Å². The van der Waals surface area contributed by atoms with Crippen LogP contribution in [0.25, 0.3) is 0 Å². The number of Topliss-reactive ketones (excluding diaryl/α,β-unsaturated/α-hetero) is 1. The van der Waals surface area contributed by atoms with Crippen LogP contribution in [0, 0.1) is 0 Å². The summed E-state index contributed by atoms with van der Waals surface area (Å²) < 4.78 is 23.2. The molecule has 0 aliphatic carbocycles. The minimum absolute atomic E-state index is 0.173. The summed E-state index contributed by atoms with van der Waals surface area (Å²) in [6.07, 6.45) is 1.26. The zero-order valence-electron chi connectivity index (χ0n) is 8.36. The van der Waals surface area contributed by atoms with Crippen molar-refractivity contribution in [1.82, 2.24) is 0 Å². The van der Waals surface area contributed by atoms with Crippen LogP contribution in [0.2, 0.25) is 0 Å². The molecule has 0 amide bonds. The van der Waals surface area contributed by atoms with Crippen molar-refractivity contribution in [2.75, 3.05) is 6.26 Å². The molecule has 1 aromatic heterocycles. The van der Waals surface area contributed by atoms with Crippen LogP contribution in [0.5, 0.6) is 0 Å². The van der Waals surface area contributed by atoms with Gasteiger partial charge in [-0.05, 0) is 34.3 Å². The molecule has 0 saturated heterocycles. The predicted molar refractivity (Wildman–Crippen MR) is 65.0 cm³/mol. The minimum Gasteiger partial charge on any atom is -0.298 e. The summed E-state index contributed by atoms with van der Waals surface area (Å²) in [6.45, 7) is 1.43. The van der Waals surface area contributed by atoms with Gasteiger partial charge in [-0.1, -0.05) is 0 Å². The van der Waals surface area contributed by atoms with Crippen LogP contribution >= 0.6 is 27.3 Å². The van der Waals surface area contributed by atoms with E-state index in [9.17, 15) is 13.2 Å². The highest BCUT2D eigenvalue weighted by molar-refractivity contribution is 9.10. The van der Waals surface area contributed by atoms with Crippen LogP contribution in [0.4, 0.5) is 0 Å². The molecule has 0 aliphatic rings. The highest BCUT2D eigenvalue weighted by atomic mass is 79.9. The third-order valence-electron chi connectivity index (χ3n) is 2.12. The maximum atomic E-state index is 11.6. The summed E-state index contributed by atoms with van der Waals surface area (Å²) in [5.74, 6) is -0.263. The van der Waals surface area contributed by atoms with Gasteiger partial charge in [-0.15, -0.1) is 11.3 Å². The Morgan fingerprint density at radius 1 is 1.60 bits per heavy atom. The molecule has 15 heavy (non-hydrogen) atoms. The van der Waals surface area contributed by atoms with E-state index < -0.39 is 15.1 Å². The van der Waals surface area contributed by atoms with Gasteiger partial charge in [0.1, 0.15) is 5.25 Å². The first kappa shape index (κ1) is 12.9. The van der Waals surface area contributed by atoms with E-state index in [1.165, 1.54) is 18.3 Å². The Morgan fingerprint density at radius 3 is 2.60 bits per heavy atom. The van der Waals surface area contributed by atoms with Crippen LogP contribution < -0.4 is 0 Å². The van der Waals surface area contributed by atoms with Crippen molar-refractivity contribution >= 4 is 42.9 Å². The Kier molecular flexibility index (Phi) is 4.08. The first-order chi connectivity index (χ1) is 6.82. The van der Waals surface area contributed by atoms with Crippen LogP contribution in [0.3, 0.4) is 0 Å². The SMILES string of the molecule is CC(C(=O)Cc1sccc1Br)S(C)(=O)=O. The molecule has 1 heterocycles. The largest absolute Gasteiger partial charge is 0.298 e. The Labute approximate surface area is 102 Å². The third-order valence-corrected chi connectivity index (χ3v) is 5.60. The maximum Gasteiger partial charge on any atom is 0.157 e. The summed E-state index contributed by atoms with van der Waals surface area (Å²) in [6, 6.07) is 1.85. The Morgan fingerprint density at radius 2 is 2.20 bits per heavy atom. The molecule has 0 N–H and O–H groups in total. The lowest BCUT2D eigenvalue weighted by atomic mass is 10.2. The molecule has 0 saturated carbocycles. The Bertz CT molecular complexity index is 461. The van der Waals surface area contributed by atoms with Crippen molar-refractivity contribution in [2.45, 2.75) is 18.6 Å². The van der Waals surface area contributed by atoms with E-state index in [0.717, 1.165) is 15.6 Å². The molecule has 0 aliphatic heterocycles. The number of sulfone groups is 1. The molecule has 6 heteroatoms. The highest BCUT2D eigenvalue weighted by Gasteiger charge is 2.24. The van der Waals surface area contributed by atoms with Gasteiger partial charge >= 0.3 is 0 Å². The number of hydrogen-bond donors (Lipinski definition) is 0. The zero-order valence-corrected chi connectivity index (χ0v) is 11.6. The second-order valence-electron chi connectivity index (χ2n) is 3.31. The summed E-state index contributed by atoms with van der Waals surface area (Å²) in [4.78, 5) is 12.5. The summed E-state index contributed by atoms with van der Waals surface area (Å²) in [5.41, 5.74) is 0. The lowest BCUT2D eigenvalue weighted by molar-refractivity contribution is -0.117. The van der Waals surface area contributed by atoms with Crippen molar-refractivity contribution in [1.29, 1.82) is 0 Å². The molecule has 3 nitrogen and oxygen atoms in total. The summed E-state index contributed by atoms with van der Waals surface area (Å²) in [7, 11) is -3.28. The van der Waals surface area contributed by atoms with E-state index in [1.54, 1.807) is 0 Å². The molecule has 0 aromatic carbocycles. The minimum atomic E-state index is -3.28. The number of carbonyl (C=O) groups excluding carboxylic acids is 1. The fourth-order valence-corrected chi connectivity index (χ4v) is 3.06. The molecule has 0 spiro atoms. The molecule has 0 fully saturated rings. The fourth-order valence-electron chi connectivity index (χ4n) is 0.992. The van der Waals surface area contributed by atoms with E-state index in [-0.39, 0.29) is 12.2 Å². The molecular formula is C9H11BrO3S2. The summed E-state index contributed by atoms with van der Waals surface area (Å²) >= 11 is 4.75. The van der Waals surface area contributed by atoms with Gasteiger partial charge in [0.05, 0.1) is 0 Å². The smallest absolute Gasteiger partial charge is 0.157 e. The average Bonchev–Trinajstić information content (AvgIpc) is 2.49. The van der Waals surface area contributed by atoms with Gasteiger partial charge in [0.25, 0.3) is 0 Å². The van der Waals surface area contributed by atoms with Gasteiger partial charge in [0.2, 0.25) is 0 Å². The summed E-state index contributed by atoms with van der Waals surface area (Å²) in [5, 5.41) is 0.934. The van der Waals surface area contributed by atoms with E-state index in [2.05, 4.69) is 15.9 Å². The third kappa shape index (κ3) is 3.39. The van der Waals surface area contributed by atoms with Crippen molar-refractivity contribution < 1.29 is 13.2 Å². The van der Waals surface area contributed by atoms with E-state index >= 15 is 0 Å². The Balaban J connectivity index is 2.77. The second-order valence-corrected chi connectivity index (χ2v) is 7.53. The number of thiophene rings is 1. The van der Waals surface area contributed by atoms with Gasteiger partial charge in [0, 0.05) is 22.0 Å². The van der Waals surface area contributed by atoms with Crippen LogP contribution in [-0.2, 0) is 21.1 Å². The standard InChI is InChI=1S/C9H11BrO3S2/c1-6(15(2,12)13)8(11)5-9-7(10)3-4-14-9/h3-4,6H,5H2,1-2H3. The van der Waals surface area contributed by atoms with Crippen molar-refractivity contribution in [2.24, 2.45) is 0 Å². The van der Waals surface area contributed by atoms with Crippen LogP contribution in [-0.4, -0.2) is 25.7 Å². The lowest BCUT2D eigenvalue weighted by Gasteiger charge is -2.07. The molecule has 1 aromatic rings. The number of ketones is 1. The zero-order chi connectivity index (χ0) is 11.6. The predicted octanol–water partition coefficient (Wildman–Crippen LogP) is 2.06. The molecule has 0 radical (unpaired) electrons. The first-order valence-electron chi connectivity index (χ1n) is 4.26. The van der Waals surface area contributed by atoms with Gasteiger partial charge in [0.15, 0.2) is 15.6 Å². The van der Waals surface area contributed by atoms with E-state index in [1.807, 2.05) is 11.4 Å². The molecule has 1 atom stereocenters. The topological polar surface area (TPSA) is 51.2 Å². The average molecular weight is 311 g/mol. The highest BCUT2D eigenvalue weighted by Crippen LogP contribution is 2.24. The molecule has 84 valence electrons. The van der Waals surface area contributed by atoms with Gasteiger partial charge in [-0.2, -0.15) is 0 Å². The first-order valence-corrected chi connectivity index (χ1v) is 7.88. The van der Waals surface area contributed by atoms with Gasteiger partial charge in [-0.25, -0.2) is 8.42 Å². The van der Waals surface area contributed by atoms with Gasteiger partial charge < -0.3 is 0 Å². The number of carbonyl (C=O) groups is 1. The normalized spacial score (nSPS) is 13.8. The van der Waals surface area contributed by atoms with Gasteiger partial charge in [-0.3, -0.25) is 4.79 Å². The number of rotatable bonds is 4. The van der Waals surface area contributed by atoms with Crippen LogP contribution in [0.1, 0.15) is 11.8 Å². The maximum absolute atomic E-state index is 11.6. The molecule has 0 bridgehead atoms. The number of hydrogen-bond acceptors (Lipinski definition) is 4. The van der Waals surface area contributed by atoms with E-state index in [0.29, 0.717) is 0 Å². The number of halogens is 1. The lowest BCUT2D eigenvalue weighted by Crippen LogP contribution is -2.27.